The molecule has 0 aliphatic carbocycles. The number of nitrogens with zero attached hydrogens (tertiary/aromatic N) is 1. The summed E-state index contributed by atoms with van der Waals surface area (Å²) in [5.41, 5.74) is 0.560. The second-order valence-electron chi connectivity index (χ2n) is 6.02. The summed E-state index contributed by atoms with van der Waals surface area (Å²) >= 11 is 9.20. The van der Waals surface area contributed by atoms with Gasteiger partial charge in [0.2, 0.25) is 5.88 Å². The van der Waals surface area contributed by atoms with E-state index in [9.17, 15) is 14.0 Å². The Morgan fingerprint density at radius 3 is 2.37 bits per heavy atom. The smallest absolute Gasteiger partial charge is 0.256 e. The lowest BCUT2D eigenvalue weighted by atomic mass is 10.2. The first-order chi connectivity index (χ1) is 14.5. The highest BCUT2D eigenvalue weighted by atomic mass is 79.9. The number of aromatic nitrogens is 1. The van der Waals surface area contributed by atoms with Gasteiger partial charge in [0.1, 0.15) is 17.1 Å². The SMILES string of the molecule is O=C(NCCNC(=O)c1cccnc1Oc1ccc(F)cc1Br)c1ccccc1Cl. The maximum Gasteiger partial charge on any atom is 0.256 e. The van der Waals surface area contributed by atoms with Crippen molar-refractivity contribution in [1.29, 1.82) is 0 Å². The fourth-order valence-electron chi connectivity index (χ4n) is 2.49. The van der Waals surface area contributed by atoms with Crippen molar-refractivity contribution in [3.05, 3.63) is 87.2 Å². The van der Waals surface area contributed by atoms with E-state index in [2.05, 4.69) is 31.5 Å². The predicted molar refractivity (Wildman–Crippen MR) is 115 cm³/mol. The molecule has 0 unspecified atom stereocenters. The van der Waals surface area contributed by atoms with Gasteiger partial charge in [0.25, 0.3) is 11.8 Å². The molecule has 3 aromatic rings. The van der Waals surface area contributed by atoms with Gasteiger partial charge in [-0.1, -0.05) is 23.7 Å². The highest BCUT2D eigenvalue weighted by Gasteiger charge is 2.16. The van der Waals surface area contributed by atoms with Crippen LogP contribution in [-0.2, 0) is 0 Å². The van der Waals surface area contributed by atoms with Crippen LogP contribution in [0.5, 0.6) is 11.6 Å². The first-order valence-electron chi connectivity index (χ1n) is 8.84. The molecule has 0 aliphatic heterocycles. The van der Waals surface area contributed by atoms with E-state index in [-0.39, 0.29) is 30.4 Å². The molecule has 9 heteroatoms. The Morgan fingerprint density at radius 1 is 1.00 bits per heavy atom. The third-order valence-corrected chi connectivity index (χ3v) is 4.88. The van der Waals surface area contributed by atoms with E-state index in [4.69, 9.17) is 16.3 Å². The van der Waals surface area contributed by atoms with Gasteiger partial charge in [0, 0.05) is 19.3 Å². The third-order valence-electron chi connectivity index (χ3n) is 3.93. The molecule has 3 rings (SSSR count). The predicted octanol–water partition coefficient (Wildman–Crippen LogP) is 4.59. The topological polar surface area (TPSA) is 80.3 Å². The number of rotatable bonds is 7. The fourth-order valence-corrected chi connectivity index (χ4v) is 3.15. The molecule has 6 nitrogen and oxygen atoms in total. The van der Waals surface area contributed by atoms with Gasteiger partial charge < -0.3 is 15.4 Å². The van der Waals surface area contributed by atoms with E-state index in [0.717, 1.165) is 0 Å². The average Bonchev–Trinajstić information content (AvgIpc) is 2.73. The van der Waals surface area contributed by atoms with E-state index in [1.807, 2.05) is 0 Å². The molecule has 0 bridgehead atoms. The zero-order valence-electron chi connectivity index (χ0n) is 15.5. The summed E-state index contributed by atoms with van der Waals surface area (Å²) < 4.78 is 19.3. The lowest BCUT2D eigenvalue weighted by molar-refractivity contribution is 0.0926. The summed E-state index contributed by atoms with van der Waals surface area (Å²) in [6, 6.07) is 13.8. The molecule has 2 aromatic carbocycles. The summed E-state index contributed by atoms with van der Waals surface area (Å²) in [6.07, 6.45) is 1.48. The van der Waals surface area contributed by atoms with Crippen LogP contribution in [0.15, 0.2) is 65.3 Å². The highest BCUT2D eigenvalue weighted by Crippen LogP contribution is 2.30. The molecule has 0 atom stereocenters. The van der Waals surface area contributed by atoms with Crippen LogP contribution in [0.2, 0.25) is 5.02 Å². The van der Waals surface area contributed by atoms with Crippen molar-refractivity contribution in [2.45, 2.75) is 0 Å². The quantitative estimate of drug-likeness (QED) is 0.473. The lowest BCUT2D eigenvalue weighted by Crippen LogP contribution is -2.35. The van der Waals surface area contributed by atoms with Gasteiger partial charge in [-0.25, -0.2) is 9.37 Å². The minimum atomic E-state index is -0.427. The molecule has 2 N–H and O–H groups in total. The summed E-state index contributed by atoms with van der Waals surface area (Å²) in [5.74, 6) is -0.796. The lowest BCUT2D eigenvalue weighted by Gasteiger charge is -2.12. The fraction of sp³-hybridized carbons (Fsp3) is 0.0952. The van der Waals surface area contributed by atoms with Crippen molar-refractivity contribution in [2.75, 3.05) is 13.1 Å². The van der Waals surface area contributed by atoms with E-state index < -0.39 is 11.7 Å². The molecule has 30 heavy (non-hydrogen) atoms. The van der Waals surface area contributed by atoms with Crippen molar-refractivity contribution in [3.8, 4) is 11.6 Å². The van der Waals surface area contributed by atoms with Crippen molar-refractivity contribution in [3.63, 3.8) is 0 Å². The number of pyridine rings is 1. The van der Waals surface area contributed by atoms with Gasteiger partial charge in [-0.2, -0.15) is 0 Å². The maximum atomic E-state index is 13.3. The zero-order valence-corrected chi connectivity index (χ0v) is 17.8. The second kappa shape index (κ2) is 10.2. The number of nitrogens with one attached hydrogen (secondary N) is 2. The largest absolute Gasteiger partial charge is 0.437 e. The van der Waals surface area contributed by atoms with Crippen LogP contribution in [0.1, 0.15) is 20.7 Å². The number of halogens is 3. The Kier molecular flexibility index (Phi) is 7.37. The van der Waals surface area contributed by atoms with Crippen molar-refractivity contribution < 1.29 is 18.7 Å². The maximum absolute atomic E-state index is 13.3. The molecule has 1 heterocycles. The molecular weight excluding hydrogens is 477 g/mol. The first kappa shape index (κ1) is 21.7. The van der Waals surface area contributed by atoms with Crippen LogP contribution in [0.4, 0.5) is 4.39 Å². The number of carbonyl (C=O) groups is 2. The molecule has 0 saturated carbocycles. The molecule has 0 saturated heterocycles. The van der Waals surface area contributed by atoms with Crippen molar-refractivity contribution in [1.82, 2.24) is 15.6 Å². The zero-order chi connectivity index (χ0) is 21.5. The van der Waals surface area contributed by atoms with Crippen LogP contribution in [-0.4, -0.2) is 29.9 Å². The van der Waals surface area contributed by atoms with E-state index >= 15 is 0 Å². The molecule has 1 aromatic heterocycles. The summed E-state index contributed by atoms with van der Waals surface area (Å²) in [5, 5.41) is 5.73. The van der Waals surface area contributed by atoms with E-state index in [1.54, 1.807) is 36.4 Å². The van der Waals surface area contributed by atoms with Gasteiger partial charge in [-0.15, -0.1) is 0 Å². The van der Waals surface area contributed by atoms with Gasteiger partial charge >= 0.3 is 0 Å². The Bertz CT molecular complexity index is 1080. The van der Waals surface area contributed by atoms with Crippen LogP contribution in [0, 0.1) is 5.82 Å². The molecule has 0 radical (unpaired) electrons. The van der Waals surface area contributed by atoms with Gasteiger partial charge in [-0.05, 0) is 58.4 Å². The number of hydrogen-bond acceptors (Lipinski definition) is 4. The number of carbonyl (C=O) groups excluding carboxylic acids is 2. The Labute approximate surface area is 185 Å². The standard InChI is InChI=1S/C21H16BrClFN3O3/c22-16-12-13(24)7-8-18(16)30-21-15(5-3-9-27-21)20(29)26-11-10-25-19(28)14-4-1-2-6-17(14)23/h1-9,12H,10-11H2,(H,25,28)(H,26,29). The molecule has 0 spiro atoms. The molecule has 2 amide bonds. The monoisotopic (exact) mass is 491 g/mol. The third kappa shape index (κ3) is 5.55. The van der Waals surface area contributed by atoms with Crippen molar-refractivity contribution in [2.24, 2.45) is 0 Å². The average molecular weight is 493 g/mol. The van der Waals surface area contributed by atoms with Gasteiger partial charge in [0.15, 0.2) is 0 Å². The molecule has 154 valence electrons. The van der Waals surface area contributed by atoms with Crippen LogP contribution in [0.3, 0.4) is 0 Å². The second-order valence-corrected chi connectivity index (χ2v) is 7.29. The Balaban J connectivity index is 1.58. The van der Waals surface area contributed by atoms with Crippen LogP contribution < -0.4 is 15.4 Å². The first-order valence-corrected chi connectivity index (χ1v) is 10.0. The summed E-state index contributed by atoms with van der Waals surface area (Å²) in [7, 11) is 0. The summed E-state index contributed by atoms with van der Waals surface area (Å²) in [4.78, 5) is 28.7. The number of hydrogen-bond donors (Lipinski definition) is 2. The highest BCUT2D eigenvalue weighted by molar-refractivity contribution is 9.10. The summed E-state index contributed by atoms with van der Waals surface area (Å²) in [6.45, 7) is 0.388. The molecule has 0 aliphatic rings. The van der Waals surface area contributed by atoms with Gasteiger partial charge in [-0.3, -0.25) is 9.59 Å². The van der Waals surface area contributed by atoms with E-state index in [0.29, 0.717) is 20.8 Å². The van der Waals surface area contributed by atoms with Crippen LogP contribution in [0.25, 0.3) is 0 Å². The minimum Gasteiger partial charge on any atom is -0.437 e. The number of ether oxygens (including phenoxy) is 1. The minimum absolute atomic E-state index is 0.0717. The number of benzene rings is 2. The molecule has 0 fully saturated rings. The Hall–Kier alpha value is -2.97. The molecular formula is C21H16BrClFN3O3. The van der Waals surface area contributed by atoms with Crippen LogP contribution >= 0.6 is 27.5 Å². The van der Waals surface area contributed by atoms with Gasteiger partial charge in [0.05, 0.1) is 15.1 Å². The normalized spacial score (nSPS) is 10.4. The number of amides is 2. The Morgan fingerprint density at radius 2 is 1.67 bits per heavy atom. The van der Waals surface area contributed by atoms with E-state index in [1.165, 1.54) is 24.4 Å². The van der Waals surface area contributed by atoms with Crippen molar-refractivity contribution >= 4 is 39.3 Å².